The Morgan fingerprint density at radius 1 is 1.07 bits per heavy atom. The molecule has 1 N–H and O–H groups in total. The third-order valence-electron chi connectivity index (χ3n) is 3.12. The Kier molecular flexibility index (Phi) is 5.58. The Hall–Kier alpha value is -2.52. The van der Waals surface area contributed by atoms with Gasteiger partial charge in [-0.3, -0.25) is 0 Å². The number of nitriles is 1. The monoisotopic (exact) mass is 426 g/mol. The molecular formula is C15H8F6N2O2S2. The molecule has 12 heteroatoms. The lowest BCUT2D eigenvalue weighted by atomic mass is 10.1. The molecule has 0 aliphatic heterocycles. The number of thiophene rings is 1. The van der Waals surface area contributed by atoms with Gasteiger partial charge in [-0.25, -0.2) is 8.42 Å². The number of anilines is 1. The first-order valence-electron chi connectivity index (χ1n) is 6.80. The molecule has 0 fully saturated rings. The largest absolute Gasteiger partial charge is 0.416 e. The van der Waals surface area contributed by atoms with Crippen LogP contribution in [0.4, 0.5) is 32.0 Å². The molecule has 27 heavy (non-hydrogen) atoms. The maximum absolute atomic E-state index is 12.8. The van der Waals surface area contributed by atoms with E-state index >= 15 is 0 Å². The van der Waals surface area contributed by atoms with Crippen LogP contribution in [0.2, 0.25) is 0 Å². The fraction of sp³-hybridized carbons (Fsp3) is 0.133. The highest BCUT2D eigenvalue weighted by atomic mass is 32.2. The molecule has 0 aliphatic rings. The Labute approximate surface area is 153 Å². The van der Waals surface area contributed by atoms with Crippen molar-refractivity contribution >= 4 is 26.9 Å². The second kappa shape index (κ2) is 7.24. The molecule has 0 spiro atoms. The smallest absolute Gasteiger partial charge is 0.360 e. The molecule has 0 saturated carbocycles. The molecular weight excluding hydrogens is 418 g/mol. The van der Waals surface area contributed by atoms with E-state index in [2.05, 4.69) is 0 Å². The minimum atomic E-state index is -5.05. The minimum absolute atomic E-state index is 0.0670. The van der Waals surface area contributed by atoms with E-state index in [1.165, 1.54) is 23.6 Å². The fourth-order valence-electron chi connectivity index (χ4n) is 1.88. The van der Waals surface area contributed by atoms with Gasteiger partial charge in [0.2, 0.25) is 9.84 Å². The molecule has 1 heterocycles. The van der Waals surface area contributed by atoms with E-state index in [4.69, 9.17) is 5.26 Å². The molecule has 2 rings (SSSR count). The highest BCUT2D eigenvalue weighted by Gasteiger charge is 2.37. The standard InChI is InChI=1S/C15H8F6N2O2S2/c16-14(17,18)9-4-10(15(19,20)21)6-11(5-9)23-8-12(7-22)27(24,25)13-2-1-3-26-13/h1-6,8,23H. The van der Waals surface area contributed by atoms with Crippen molar-refractivity contribution in [3.63, 3.8) is 0 Å². The summed E-state index contributed by atoms with van der Waals surface area (Å²) in [6, 6.07) is 4.65. The van der Waals surface area contributed by atoms with E-state index in [0.29, 0.717) is 18.3 Å². The van der Waals surface area contributed by atoms with Crippen LogP contribution in [-0.2, 0) is 22.2 Å². The third-order valence-corrected chi connectivity index (χ3v) is 6.18. The Bertz CT molecular complexity index is 968. The molecule has 0 bridgehead atoms. The second-order valence-electron chi connectivity index (χ2n) is 4.99. The lowest BCUT2D eigenvalue weighted by Gasteiger charge is -2.14. The summed E-state index contributed by atoms with van der Waals surface area (Å²) in [6.45, 7) is 0. The van der Waals surface area contributed by atoms with Crippen molar-refractivity contribution in [2.45, 2.75) is 16.6 Å². The summed E-state index contributed by atoms with van der Waals surface area (Å²) < 4.78 is 101. The van der Waals surface area contributed by atoms with Crippen LogP contribution in [0, 0.1) is 11.3 Å². The van der Waals surface area contributed by atoms with Crippen LogP contribution in [0.1, 0.15) is 11.1 Å². The molecule has 0 unspecified atom stereocenters. The zero-order valence-electron chi connectivity index (χ0n) is 12.9. The van der Waals surface area contributed by atoms with E-state index < -0.39 is 43.9 Å². The lowest BCUT2D eigenvalue weighted by molar-refractivity contribution is -0.143. The van der Waals surface area contributed by atoms with Gasteiger partial charge in [0.1, 0.15) is 10.3 Å². The maximum Gasteiger partial charge on any atom is 0.416 e. The van der Waals surface area contributed by atoms with Gasteiger partial charge in [0.15, 0.2) is 4.91 Å². The minimum Gasteiger partial charge on any atom is -0.360 e. The van der Waals surface area contributed by atoms with Gasteiger partial charge in [0, 0.05) is 11.9 Å². The van der Waals surface area contributed by atoms with Crippen LogP contribution in [0.3, 0.4) is 0 Å². The topological polar surface area (TPSA) is 70.0 Å². The zero-order valence-corrected chi connectivity index (χ0v) is 14.5. The van der Waals surface area contributed by atoms with Crippen molar-refractivity contribution < 1.29 is 34.8 Å². The number of nitrogens with zero attached hydrogens (tertiary/aromatic N) is 1. The number of rotatable bonds is 4. The van der Waals surface area contributed by atoms with E-state index in [1.807, 2.05) is 5.32 Å². The number of benzene rings is 1. The third kappa shape index (κ3) is 4.81. The number of hydrogen-bond acceptors (Lipinski definition) is 5. The molecule has 0 atom stereocenters. The van der Waals surface area contributed by atoms with Gasteiger partial charge < -0.3 is 5.32 Å². The average Bonchev–Trinajstić information content (AvgIpc) is 3.08. The summed E-state index contributed by atoms with van der Waals surface area (Å²) in [6.07, 6.45) is -9.56. The number of nitrogens with one attached hydrogen (secondary N) is 1. The summed E-state index contributed by atoms with van der Waals surface area (Å²) in [5, 5.41) is 12.5. The number of sulfone groups is 1. The van der Waals surface area contributed by atoms with Crippen LogP contribution in [-0.4, -0.2) is 8.42 Å². The van der Waals surface area contributed by atoms with Crippen molar-refractivity contribution in [2.75, 3.05) is 5.32 Å². The summed E-state index contributed by atoms with van der Waals surface area (Å²) in [5.41, 5.74) is -3.83. The zero-order chi connectivity index (χ0) is 20.5. The van der Waals surface area contributed by atoms with Gasteiger partial charge in [-0.1, -0.05) is 6.07 Å². The predicted octanol–water partition coefficient (Wildman–Crippen LogP) is 5.04. The number of halogens is 6. The first-order valence-corrected chi connectivity index (χ1v) is 9.17. The highest BCUT2D eigenvalue weighted by Crippen LogP contribution is 2.37. The van der Waals surface area contributed by atoms with Crippen molar-refractivity contribution in [3.05, 3.63) is 57.9 Å². The Balaban J connectivity index is 2.47. The molecule has 0 radical (unpaired) electrons. The molecule has 144 valence electrons. The van der Waals surface area contributed by atoms with Crippen LogP contribution in [0.5, 0.6) is 0 Å². The van der Waals surface area contributed by atoms with E-state index in [9.17, 15) is 34.8 Å². The maximum atomic E-state index is 12.8. The van der Waals surface area contributed by atoms with Crippen LogP contribution < -0.4 is 5.32 Å². The van der Waals surface area contributed by atoms with Crippen LogP contribution >= 0.6 is 11.3 Å². The van der Waals surface area contributed by atoms with Gasteiger partial charge in [-0.05, 0) is 29.6 Å². The average molecular weight is 426 g/mol. The van der Waals surface area contributed by atoms with E-state index in [1.54, 1.807) is 0 Å². The highest BCUT2D eigenvalue weighted by molar-refractivity contribution is 7.97. The SMILES string of the molecule is N#CC(=CNc1cc(C(F)(F)F)cc(C(F)(F)F)c1)S(=O)(=O)c1cccs1. The van der Waals surface area contributed by atoms with E-state index in [-0.39, 0.29) is 10.3 Å². The normalized spacial score (nSPS) is 13.3. The van der Waals surface area contributed by atoms with Gasteiger partial charge >= 0.3 is 12.4 Å². The molecule has 0 aliphatic carbocycles. The lowest BCUT2D eigenvalue weighted by Crippen LogP contribution is -2.12. The number of hydrogen-bond donors (Lipinski definition) is 1. The Morgan fingerprint density at radius 2 is 1.63 bits per heavy atom. The molecule has 1 aromatic carbocycles. The first kappa shape index (κ1) is 20.8. The molecule has 0 amide bonds. The second-order valence-corrected chi connectivity index (χ2v) is 8.09. The number of alkyl halides is 6. The summed E-state index contributed by atoms with van der Waals surface area (Å²) in [4.78, 5) is -0.865. The van der Waals surface area contributed by atoms with Gasteiger partial charge in [0.05, 0.1) is 11.1 Å². The van der Waals surface area contributed by atoms with Gasteiger partial charge in [-0.2, -0.15) is 31.6 Å². The Morgan fingerprint density at radius 3 is 2.04 bits per heavy atom. The van der Waals surface area contributed by atoms with Crippen molar-refractivity contribution in [3.8, 4) is 6.07 Å². The van der Waals surface area contributed by atoms with Crippen molar-refractivity contribution in [2.24, 2.45) is 0 Å². The first-order chi connectivity index (χ1) is 12.4. The van der Waals surface area contributed by atoms with Crippen molar-refractivity contribution in [1.29, 1.82) is 5.26 Å². The quantitative estimate of drug-likeness (QED) is 0.550. The van der Waals surface area contributed by atoms with Crippen molar-refractivity contribution in [1.82, 2.24) is 0 Å². The molecule has 0 saturated heterocycles. The van der Waals surface area contributed by atoms with Crippen LogP contribution in [0.25, 0.3) is 0 Å². The van der Waals surface area contributed by atoms with Gasteiger partial charge in [-0.15, -0.1) is 11.3 Å². The van der Waals surface area contributed by atoms with Crippen LogP contribution in [0.15, 0.2) is 51.0 Å². The van der Waals surface area contributed by atoms with E-state index in [0.717, 1.165) is 11.3 Å². The molecule has 4 nitrogen and oxygen atoms in total. The predicted molar refractivity (Wildman–Crippen MR) is 85.3 cm³/mol. The summed E-state index contributed by atoms with van der Waals surface area (Å²) >= 11 is 0.802. The molecule has 1 aromatic heterocycles. The summed E-state index contributed by atoms with van der Waals surface area (Å²) in [5.74, 6) is 0. The fourth-order valence-corrected chi connectivity index (χ4v) is 4.08. The molecule has 2 aromatic rings. The number of allylic oxidation sites excluding steroid dienone is 1. The van der Waals surface area contributed by atoms with Gasteiger partial charge in [0.25, 0.3) is 0 Å². The summed E-state index contributed by atoms with van der Waals surface area (Å²) in [7, 11) is -4.24.